The van der Waals surface area contributed by atoms with E-state index in [1.165, 1.54) is 11.9 Å². The molecule has 1 heterocycles. The number of nitrogens with one attached hydrogen (secondary N) is 1. The molecule has 0 bridgehead atoms. The lowest BCUT2D eigenvalue weighted by molar-refractivity contribution is -0.134. The Hall–Kier alpha value is -2.04. The van der Waals surface area contributed by atoms with Crippen LogP contribution in [0.15, 0.2) is 35.4 Å². The number of carbonyl (C=O) groups is 1. The van der Waals surface area contributed by atoms with Gasteiger partial charge in [-0.15, -0.1) is 0 Å². The molecule has 3 N–H and O–H groups in total. The number of benzene rings is 1. The average Bonchev–Trinajstić information content (AvgIpc) is 3.08. The highest BCUT2D eigenvalue weighted by atomic mass is 16.2. The first-order valence-electron chi connectivity index (χ1n) is 8.09. The van der Waals surface area contributed by atoms with E-state index in [9.17, 15) is 4.79 Å². The van der Waals surface area contributed by atoms with Crippen LogP contribution in [-0.2, 0) is 11.2 Å². The van der Waals surface area contributed by atoms with Gasteiger partial charge in [0.15, 0.2) is 0 Å². The second-order valence-corrected chi connectivity index (χ2v) is 5.79. The molecule has 0 aliphatic carbocycles. The van der Waals surface area contributed by atoms with E-state index in [0.717, 1.165) is 51.7 Å². The number of amides is 1. The van der Waals surface area contributed by atoms with E-state index in [-0.39, 0.29) is 5.92 Å². The second-order valence-electron chi connectivity index (χ2n) is 5.79. The first-order chi connectivity index (χ1) is 10.8. The Bertz CT molecular complexity index is 469. The zero-order valence-corrected chi connectivity index (χ0v) is 13.1. The molecule has 120 valence electrons. The summed E-state index contributed by atoms with van der Waals surface area (Å²) in [7, 11) is 0. The maximum absolute atomic E-state index is 12.7. The third-order valence-corrected chi connectivity index (χ3v) is 4.13. The Labute approximate surface area is 132 Å². The summed E-state index contributed by atoms with van der Waals surface area (Å²) in [6, 6.07) is 10.3. The van der Waals surface area contributed by atoms with Gasteiger partial charge in [0.25, 0.3) is 0 Å². The molecule has 1 atom stereocenters. The topological polar surface area (TPSA) is 70.7 Å². The van der Waals surface area contributed by atoms with Crippen molar-refractivity contribution >= 4 is 12.2 Å². The maximum atomic E-state index is 12.7. The van der Waals surface area contributed by atoms with Crippen LogP contribution in [-0.4, -0.2) is 36.8 Å². The molecule has 0 aromatic heterocycles. The van der Waals surface area contributed by atoms with Gasteiger partial charge in [-0.05, 0) is 37.7 Å². The van der Waals surface area contributed by atoms with Crippen LogP contribution in [0.5, 0.6) is 0 Å². The van der Waals surface area contributed by atoms with Gasteiger partial charge in [0.2, 0.25) is 5.91 Å². The third kappa shape index (κ3) is 5.06. The van der Waals surface area contributed by atoms with Gasteiger partial charge in [0.05, 0.1) is 0 Å². The van der Waals surface area contributed by atoms with Crippen LogP contribution in [0.25, 0.3) is 0 Å². The lowest BCUT2D eigenvalue weighted by atomic mass is 9.93. The highest BCUT2D eigenvalue weighted by Crippen LogP contribution is 2.20. The normalized spacial score (nSPS) is 16.1. The van der Waals surface area contributed by atoms with Crippen molar-refractivity contribution in [2.45, 2.75) is 32.1 Å². The summed E-state index contributed by atoms with van der Waals surface area (Å²) in [5, 5.41) is 6.43. The van der Waals surface area contributed by atoms with E-state index >= 15 is 0 Å². The molecule has 1 aromatic carbocycles. The fraction of sp³-hybridized carbons (Fsp3) is 0.529. The molecule has 1 saturated heterocycles. The molecule has 2 rings (SSSR count). The second kappa shape index (κ2) is 9.07. The van der Waals surface area contributed by atoms with Crippen molar-refractivity contribution in [3.63, 3.8) is 0 Å². The Morgan fingerprint density at radius 3 is 2.73 bits per heavy atom. The lowest BCUT2D eigenvalue weighted by Gasteiger charge is -2.23. The van der Waals surface area contributed by atoms with Gasteiger partial charge in [-0.2, -0.15) is 5.10 Å². The highest BCUT2D eigenvalue weighted by molar-refractivity contribution is 5.79. The van der Waals surface area contributed by atoms with Crippen LogP contribution in [0.4, 0.5) is 0 Å². The quantitative estimate of drug-likeness (QED) is 0.253. The summed E-state index contributed by atoms with van der Waals surface area (Å²) in [5.41, 5.74) is 1.23. The molecule has 0 spiro atoms. The molecule has 1 aliphatic rings. The lowest BCUT2D eigenvalue weighted by Crippen LogP contribution is -2.35. The number of rotatable bonds is 8. The summed E-state index contributed by atoms with van der Waals surface area (Å²) in [4.78, 5) is 14.8. The smallest absolute Gasteiger partial charge is 0.226 e. The van der Waals surface area contributed by atoms with Crippen LogP contribution in [0, 0.1) is 5.92 Å². The molecule has 5 nitrogen and oxygen atoms in total. The van der Waals surface area contributed by atoms with Gasteiger partial charge in [-0.1, -0.05) is 30.3 Å². The van der Waals surface area contributed by atoms with Crippen molar-refractivity contribution in [3.8, 4) is 0 Å². The Balaban J connectivity index is 1.91. The van der Waals surface area contributed by atoms with E-state index in [1.807, 2.05) is 23.1 Å². The zero-order chi connectivity index (χ0) is 15.6. The maximum Gasteiger partial charge on any atom is 0.226 e. The number of nitrogens with two attached hydrogens (primary N) is 1. The van der Waals surface area contributed by atoms with Gasteiger partial charge < -0.3 is 16.1 Å². The van der Waals surface area contributed by atoms with Gasteiger partial charge in [0, 0.05) is 25.6 Å². The zero-order valence-electron chi connectivity index (χ0n) is 13.1. The van der Waals surface area contributed by atoms with E-state index in [1.54, 1.807) is 0 Å². The monoisotopic (exact) mass is 302 g/mol. The molecular weight excluding hydrogens is 276 g/mol. The van der Waals surface area contributed by atoms with E-state index in [4.69, 9.17) is 5.84 Å². The third-order valence-electron chi connectivity index (χ3n) is 4.13. The largest absolute Gasteiger partial charge is 0.375 e. The highest BCUT2D eigenvalue weighted by Gasteiger charge is 2.26. The van der Waals surface area contributed by atoms with Gasteiger partial charge in [-0.25, -0.2) is 0 Å². The number of hydrogen-bond donors (Lipinski definition) is 2. The molecule has 1 aromatic rings. The SMILES string of the molecule is NN=CNCCCC(Cc1ccccc1)C(=O)N1CCCC1. The molecule has 5 heteroatoms. The van der Waals surface area contributed by atoms with Crippen LogP contribution < -0.4 is 11.2 Å². The first-order valence-corrected chi connectivity index (χ1v) is 8.09. The molecule has 1 fully saturated rings. The summed E-state index contributed by atoms with van der Waals surface area (Å²) < 4.78 is 0. The van der Waals surface area contributed by atoms with Gasteiger partial charge in [-0.3, -0.25) is 4.79 Å². The Morgan fingerprint density at radius 2 is 2.05 bits per heavy atom. The first kappa shape index (κ1) is 16.3. The summed E-state index contributed by atoms with van der Waals surface area (Å²) in [6.07, 6.45) is 6.41. The van der Waals surface area contributed by atoms with Crippen LogP contribution >= 0.6 is 0 Å². The number of hydrogen-bond acceptors (Lipinski definition) is 3. The number of carbonyl (C=O) groups excluding carboxylic acids is 1. The fourth-order valence-electron chi connectivity index (χ4n) is 2.97. The molecule has 22 heavy (non-hydrogen) atoms. The van der Waals surface area contributed by atoms with Crippen molar-refractivity contribution in [1.29, 1.82) is 0 Å². The van der Waals surface area contributed by atoms with Crippen LogP contribution in [0.3, 0.4) is 0 Å². The van der Waals surface area contributed by atoms with Crippen molar-refractivity contribution < 1.29 is 4.79 Å². The molecule has 1 amide bonds. The minimum atomic E-state index is 0.0668. The van der Waals surface area contributed by atoms with Gasteiger partial charge >= 0.3 is 0 Å². The predicted octanol–water partition coefficient (Wildman–Crippen LogP) is 1.74. The Kier molecular flexibility index (Phi) is 6.74. The van der Waals surface area contributed by atoms with Gasteiger partial charge in [0.1, 0.15) is 6.34 Å². The molecule has 0 saturated carbocycles. The Morgan fingerprint density at radius 1 is 1.32 bits per heavy atom. The van der Waals surface area contributed by atoms with Crippen LogP contribution in [0.2, 0.25) is 0 Å². The van der Waals surface area contributed by atoms with Crippen molar-refractivity contribution in [2.24, 2.45) is 16.9 Å². The van der Waals surface area contributed by atoms with E-state index in [0.29, 0.717) is 5.91 Å². The van der Waals surface area contributed by atoms with Crippen molar-refractivity contribution in [2.75, 3.05) is 19.6 Å². The number of hydrazone groups is 1. The summed E-state index contributed by atoms with van der Waals surface area (Å²) in [6.45, 7) is 2.63. The fourth-order valence-corrected chi connectivity index (χ4v) is 2.97. The summed E-state index contributed by atoms with van der Waals surface area (Å²) in [5.74, 6) is 5.43. The van der Waals surface area contributed by atoms with Crippen molar-refractivity contribution in [1.82, 2.24) is 10.2 Å². The molecular formula is C17H26N4O. The standard InChI is InChI=1S/C17H26N4O/c18-20-14-19-10-6-9-16(13-15-7-2-1-3-8-15)17(22)21-11-4-5-12-21/h1-3,7-8,14,16H,4-6,9-13,18H2,(H,19,20). The minimum Gasteiger partial charge on any atom is -0.375 e. The minimum absolute atomic E-state index is 0.0668. The van der Waals surface area contributed by atoms with Crippen LogP contribution in [0.1, 0.15) is 31.2 Å². The number of nitrogens with zero attached hydrogens (tertiary/aromatic N) is 2. The molecule has 1 aliphatic heterocycles. The predicted molar refractivity (Wildman–Crippen MR) is 89.4 cm³/mol. The summed E-state index contributed by atoms with van der Waals surface area (Å²) >= 11 is 0. The van der Waals surface area contributed by atoms with E-state index in [2.05, 4.69) is 22.6 Å². The van der Waals surface area contributed by atoms with E-state index < -0.39 is 0 Å². The number of likely N-dealkylation sites (tertiary alicyclic amines) is 1. The van der Waals surface area contributed by atoms with Crippen molar-refractivity contribution in [3.05, 3.63) is 35.9 Å². The molecule has 0 radical (unpaired) electrons. The molecule has 1 unspecified atom stereocenters. The average molecular weight is 302 g/mol.